The number of carbonyl (C=O) groups is 1. The molecule has 0 aliphatic heterocycles. The maximum absolute atomic E-state index is 13.1. The number of benzene rings is 1. The largest absolute Gasteiger partial charge is 0.481 e. The minimum atomic E-state index is -4.72. The number of aryl methyl sites for hydroxylation is 1. The van der Waals surface area contributed by atoms with Crippen LogP contribution in [0.15, 0.2) is 18.2 Å². The summed E-state index contributed by atoms with van der Waals surface area (Å²) in [7, 11) is 0. The first-order chi connectivity index (χ1) is 9.68. The summed E-state index contributed by atoms with van der Waals surface area (Å²) in [5.74, 6) is -2.09. The Morgan fingerprint density at radius 1 is 1.38 bits per heavy atom. The lowest BCUT2D eigenvalue weighted by Gasteiger charge is -2.11. The van der Waals surface area contributed by atoms with Gasteiger partial charge in [0.15, 0.2) is 0 Å². The second-order valence-electron chi connectivity index (χ2n) is 4.29. The zero-order valence-corrected chi connectivity index (χ0v) is 11.5. The number of halogens is 4. The van der Waals surface area contributed by atoms with Crippen molar-refractivity contribution in [1.82, 2.24) is 4.98 Å². The summed E-state index contributed by atoms with van der Waals surface area (Å²) >= 11 is 0.863. The molecule has 1 heterocycles. The first kappa shape index (κ1) is 15.4. The molecule has 112 valence electrons. The van der Waals surface area contributed by atoms with Crippen molar-refractivity contribution >= 4 is 17.3 Å². The average Bonchev–Trinajstić information content (AvgIpc) is 2.68. The zero-order valence-electron chi connectivity index (χ0n) is 10.7. The highest BCUT2D eigenvalue weighted by Gasteiger charge is 2.35. The van der Waals surface area contributed by atoms with Crippen LogP contribution in [0.4, 0.5) is 17.6 Å². The molecule has 1 N–H and O–H groups in total. The Balaban J connectivity index is 2.55. The summed E-state index contributed by atoms with van der Waals surface area (Å²) in [5.41, 5.74) is -1.03. The predicted octanol–water partition coefficient (Wildman–Crippen LogP) is 3.90. The Morgan fingerprint density at radius 2 is 2.05 bits per heavy atom. The van der Waals surface area contributed by atoms with Crippen LogP contribution in [0.2, 0.25) is 0 Å². The maximum Gasteiger partial charge on any atom is 0.417 e. The van der Waals surface area contributed by atoms with Gasteiger partial charge in [0.2, 0.25) is 0 Å². The maximum atomic E-state index is 13.1. The van der Waals surface area contributed by atoms with Gasteiger partial charge in [-0.05, 0) is 25.1 Å². The van der Waals surface area contributed by atoms with Gasteiger partial charge < -0.3 is 5.11 Å². The Bertz CT molecular complexity index is 694. The topological polar surface area (TPSA) is 50.2 Å². The van der Waals surface area contributed by atoms with E-state index < -0.39 is 23.5 Å². The molecule has 0 saturated carbocycles. The lowest BCUT2D eigenvalue weighted by molar-refractivity contribution is -0.137. The van der Waals surface area contributed by atoms with Crippen molar-refractivity contribution in [1.29, 1.82) is 0 Å². The molecule has 2 aromatic rings. The highest BCUT2D eigenvalue weighted by atomic mass is 32.1. The number of hydrogen-bond donors (Lipinski definition) is 1. The molecule has 2 rings (SSSR count). The Hall–Kier alpha value is -1.96. The monoisotopic (exact) mass is 319 g/mol. The average molecular weight is 319 g/mol. The molecule has 3 nitrogen and oxygen atoms in total. The van der Waals surface area contributed by atoms with Gasteiger partial charge in [-0.1, -0.05) is 0 Å². The molecule has 0 saturated heterocycles. The highest BCUT2D eigenvalue weighted by Crippen LogP contribution is 2.39. The minimum Gasteiger partial charge on any atom is -0.481 e. The van der Waals surface area contributed by atoms with Gasteiger partial charge in [-0.15, -0.1) is 11.3 Å². The summed E-state index contributed by atoms with van der Waals surface area (Å²) in [6.45, 7) is 1.52. The molecule has 1 aromatic heterocycles. The predicted molar refractivity (Wildman–Crippen MR) is 68.6 cm³/mol. The van der Waals surface area contributed by atoms with Crippen LogP contribution < -0.4 is 0 Å². The third-order valence-corrected chi connectivity index (χ3v) is 3.91. The number of nitrogens with zero attached hydrogens (tertiary/aromatic N) is 1. The van der Waals surface area contributed by atoms with Crippen LogP contribution in [0.3, 0.4) is 0 Å². The van der Waals surface area contributed by atoms with Crippen molar-refractivity contribution in [3.8, 4) is 10.6 Å². The molecular formula is C13H9F4NO2S. The second kappa shape index (κ2) is 5.44. The van der Waals surface area contributed by atoms with Gasteiger partial charge in [-0.3, -0.25) is 4.79 Å². The van der Waals surface area contributed by atoms with Gasteiger partial charge in [0.05, 0.1) is 17.7 Å². The highest BCUT2D eigenvalue weighted by molar-refractivity contribution is 7.15. The summed E-state index contributed by atoms with van der Waals surface area (Å²) in [6, 6.07) is 2.32. The van der Waals surface area contributed by atoms with E-state index in [0.717, 1.165) is 23.5 Å². The van der Waals surface area contributed by atoms with E-state index >= 15 is 0 Å². The van der Waals surface area contributed by atoms with Gasteiger partial charge in [0, 0.05) is 10.4 Å². The van der Waals surface area contributed by atoms with E-state index in [0.29, 0.717) is 16.6 Å². The van der Waals surface area contributed by atoms with Crippen molar-refractivity contribution < 1.29 is 27.5 Å². The molecule has 0 spiro atoms. The summed E-state index contributed by atoms with van der Waals surface area (Å²) < 4.78 is 51.9. The van der Waals surface area contributed by atoms with E-state index in [9.17, 15) is 22.4 Å². The quantitative estimate of drug-likeness (QED) is 0.873. The molecule has 0 bridgehead atoms. The van der Waals surface area contributed by atoms with Crippen LogP contribution in [0.5, 0.6) is 0 Å². The van der Waals surface area contributed by atoms with Gasteiger partial charge >= 0.3 is 12.1 Å². The van der Waals surface area contributed by atoms with Gasteiger partial charge in [0.25, 0.3) is 0 Å². The number of carboxylic acids is 1. The van der Waals surface area contributed by atoms with E-state index in [-0.39, 0.29) is 17.0 Å². The number of thiazole rings is 1. The molecule has 8 heteroatoms. The number of aliphatic carboxylic acids is 1. The normalized spacial score (nSPS) is 11.7. The molecule has 21 heavy (non-hydrogen) atoms. The lowest BCUT2D eigenvalue weighted by atomic mass is 10.1. The molecule has 0 aliphatic carbocycles. The fourth-order valence-corrected chi connectivity index (χ4v) is 2.88. The van der Waals surface area contributed by atoms with E-state index in [4.69, 9.17) is 5.11 Å². The second-order valence-corrected chi connectivity index (χ2v) is 5.37. The molecule has 0 radical (unpaired) electrons. The number of rotatable bonds is 3. The van der Waals surface area contributed by atoms with E-state index in [1.807, 2.05) is 0 Å². The smallest absolute Gasteiger partial charge is 0.417 e. The van der Waals surface area contributed by atoms with Crippen molar-refractivity contribution in [2.45, 2.75) is 19.5 Å². The SMILES string of the molecule is Cc1nc(-c2ccc(F)cc2C(F)(F)F)sc1CC(=O)O. The number of alkyl halides is 3. The lowest BCUT2D eigenvalue weighted by Crippen LogP contribution is -2.07. The van der Waals surface area contributed by atoms with Crippen LogP contribution in [0.25, 0.3) is 10.6 Å². The van der Waals surface area contributed by atoms with E-state index in [2.05, 4.69) is 4.98 Å². The number of hydrogen-bond acceptors (Lipinski definition) is 3. The Morgan fingerprint density at radius 3 is 2.62 bits per heavy atom. The number of carboxylic acid groups (broad SMARTS) is 1. The summed E-state index contributed by atoms with van der Waals surface area (Å²) in [6.07, 6.45) is -5.03. The fraction of sp³-hybridized carbons (Fsp3) is 0.231. The molecule has 1 aromatic carbocycles. The van der Waals surface area contributed by atoms with Crippen LogP contribution in [0.1, 0.15) is 16.1 Å². The molecule has 0 atom stereocenters. The minimum absolute atomic E-state index is 0.0241. The standard InChI is InChI=1S/C13H9F4NO2S/c1-6-10(5-11(19)20)21-12(18-6)8-3-2-7(14)4-9(8)13(15,16)17/h2-4H,5H2,1H3,(H,19,20). The van der Waals surface area contributed by atoms with Crippen molar-refractivity contribution in [2.24, 2.45) is 0 Å². The Labute approximate surface area is 120 Å². The van der Waals surface area contributed by atoms with Gasteiger partial charge in [0.1, 0.15) is 10.8 Å². The fourth-order valence-electron chi connectivity index (χ4n) is 1.78. The van der Waals surface area contributed by atoms with Gasteiger partial charge in [-0.2, -0.15) is 13.2 Å². The van der Waals surface area contributed by atoms with Crippen LogP contribution in [-0.4, -0.2) is 16.1 Å². The van der Waals surface area contributed by atoms with E-state index in [1.54, 1.807) is 0 Å². The van der Waals surface area contributed by atoms with Crippen molar-refractivity contribution in [3.63, 3.8) is 0 Å². The molecule has 0 fully saturated rings. The van der Waals surface area contributed by atoms with Gasteiger partial charge in [-0.25, -0.2) is 9.37 Å². The summed E-state index contributed by atoms with van der Waals surface area (Å²) in [5, 5.41) is 8.76. The van der Waals surface area contributed by atoms with Crippen molar-refractivity contribution in [3.05, 3.63) is 40.2 Å². The number of aromatic nitrogens is 1. The zero-order chi connectivity index (χ0) is 15.8. The molecule has 0 unspecified atom stereocenters. The first-order valence-electron chi connectivity index (χ1n) is 5.73. The van der Waals surface area contributed by atoms with Crippen molar-refractivity contribution in [2.75, 3.05) is 0 Å². The van der Waals surface area contributed by atoms with Crippen LogP contribution in [0, 0.1) is 12.7 Å². The molecule has 0 amide bonds. The third kappa shape index (κ3) is 3.38. The van der Waals surface area contributed by atoms with Crippen LogP contribution >= 0.6 is 11.3 Å². The molecule has 0 aliphatic rings. The summed E-state index contributed by atoms with van der Waals surface area (Å²) in [4.78, 5) is 15.0. The Kier molecular flexibility index (Phi) is 3.99. The third-order valence-electron chi connectivity index (χ3n) is 2.72. The first-order valence-corrected chi connectivity index (χ1v) is 6.55. The van der Waals surface area contributed by atoms with E-state index in [1.165, 1.54) is 6.92 Å². The van der Waals surface area contributed by atoms with Crippen LogP contribution in [-0.2, 0) is 17.4 Å². The molecular weight excluding hydrogens is 310 g/mol.